The Bertz CT molecular complexity index is 841. The molecule has 0 heterocycles. The van der Waals surface area contributed by atoms with Crippen LogP contribution in [0.25, 0.3) is 11.1 Å². The van der Waals surface area contributed by atoms with E-state index in [-0.39, 0.29) is 26.3 Å². The van der Waals surface area contributed by atoms with E-state index < -0.39 is 0 Å². The van der Waals surface area contributed by atoms with E-state index in [1.165, 1.54) is 22.3 Å². The summed E-state index contributed by atoms with van der Waals surface area (Å²) in [5, 5.41) is 0. The summed E-state index contributed by atoms with van der Waals surface area (Å²) in [7, 11) is 0. The predicted octanol–water partition coefficient (Wildman–Crippen LogP) is 5.27. The van der Waals surface area contributed by atoms with Crippen LogP contribution < -0.4 is 0 Å². The van der Waals surface area contributed by atoms with E-state index in [0.29, 0.717) is 0 Å². The van der Waals surface area contributed by atoms with Gasteiger partial charge in [-0.15, -0.1) is 11.6 Å². The van der Waals surface area contributed by atoms with Crippen molar-refractivity contribution in [2.24, 2.45) is 0 Å². The van der Waals surface area contributed by atoms with Crippen LogP contribution in [0.3, 0.4) is 0 Å². The SMILES string of the molecule is [C-]1=CC=CC1c1[c-]c(Cc2[c-]c(-c3ccc[cH-]3)ccc2)ccc1.[Pd]. The van der Waals surface area contributed by atoms with E-state index >= 15 is 0 Å². The van der Waals surface area contributed by atoms with E-state index in [1.807, 2.05) is 12.2 Å². The largest absolute Gasteiger partial charge is 0.267 e. The van der Waals surface area contributed by atoms with E-state index in [0.717, 1.165) is 12.0 Å². The van der Waals surface area contributed by atoms with Crippen molar-refractivity contribution in [2.45, 2.75) is 12.3 Å². The smallest absolute Gasteiger partial charge is 0 e. The zero-order chi connectivity index (χ0) is 15.5. The first kappa shape index (κ1) is 16.8. The second-order valence-electron chi connectivity index (χ2n) is 5.77. The fourth-order valence-electron chi connectivity index (χ4n) is 2.94. The predicted molar refractivity (Wildman–Crippen MR) is 94.1 cm³/mol. The Hall–Kier alpha value is -2.07. The number of rotatable bonds is 4. The van der Waals surface area contributed by atoms with E-state index in [1.54, 1.807) is 0 Å². The van der Waals surface area contributed by atoms with Gasteiger partial charge < -0.3 is 0 Å². The number of benzene rings is 2. The summed E-state index contributed by atoms with van der Waals surface area (Å²) in [5.41, 5.74) is 5.94. The molecule has 1 atom stereocenters. The molecule has 1 unspecified atom stereocenters. The van der Waals surface area contributed by atoms with Gasteiger partial charge in [0.2, 0.25) is 0 Å². The zero-order valence-electron chi connectivity index (χ0n) is 13.1. The molecule has 0 aliphatic heterocycles. The Morgan fingerprint density at radius 3 is 2.50 bits per heavy atom. The van der Waals surface area contributed by atoms with Gasteiger partial charge >= 0.3 is 0 Å². The minimum Gasteiger partial charge on any atom is -0.267 e. The second kappa shape index (κ2) is 7.67. The molecule has 4 rings (SSSR count). The van der Waals surface area contributed by atoms with Gasteiger partial charge in [0.25, 0.3) is 0 Å². The minimum absolute atomic E-state index is 0. The van der Waals surface area contributed by atoms with Crippen LogP contribution in [0.1, 0.15) is 22.6 Å². The molecule has 0 nitrogen and oxygen atoms in total. The summed E-state index contributed by atoms with van der Waals surface area (Å²) in [4.78, 5) is 0. The monoisotopic (exact) mass is 398 g/mol. The first-order valence-corrected chi connectivity index (χ1v) is 7.89. The molecule has 3 aromatic carbocycles. The molecular weight excluding hydrogens is 383 g/mol. The fraction of sp³-hybridized carbons (Fsp3) is 0.0870. The van der Waals surface area contributed by atoms with Crippen LogP contribution in [0.4, 0.5) is 0 Å². The van der Waals surface area contributed by atoms with Crippen LogP contribution in [0, 0.1) is 18.2 Å². The second-order valence-corrected chi connectivity index (χ2v) is 5.77. The maximum Gasteiger partial charge on any atom is 0 e. The Labute approximate surface area is 157 Å². The molecule has 0 bridgehead atoms. The first-order valence-electron chi connectivity index (χ1n) is 7.89. The normalized spacial score (nSPS) is 15.4. The van der Waals surface area contributed by atoms with E-state index in [4.69, 9.17) is 0 Å². The summed E-state index contributed by atoms with van der Waals surface area (Å²) in [6.45, 7) is 0. The van der Waals surface area contributed by atoms with Crippen LogP contribution in [0.5, 0.6) is 0 Å². The Kier molecular flexibility index (Phi) is 5.36. The van der Waals surface area contributed by atoms with Crippen molar-refractivity contribution in [3.05, 3.63) is 114 Å². The maximum absolute atomic E-state index is 3.54. The van der Waals surface area contributed by atoms with Gasteiger partial charge in [0.15, 0.2) is 0 Å². The summed E-state index contributed by atoms with van der Waals surface area (Å²) >= 11 is 0. The van der Waals surface area contributed by atoms with Gasteiger partial charge in [-0.3, -0.25) is 6.08 Å². The molecule has 122 valence electrons. The van der Waals surface area contributed by atoms with Crippen molar-refractivity contribution >= 4 is 0 Å². The van der Waals surface area contributed by atoms with Crippen LogP contribution in [0.2, 0.25) is 0 Å². The molecular formula is C23H16Pd-4. The van der Waals surface area contributed by atoms with Gasteiger partial charge in [0.05, 0.1) is 0 Å². The van der Waals surface area contributed by atoms with Crippen LogP contribution >= 0.6 is 0 Å². The molecule has 0 spiro atoms. The summed E-state index contributed by atoms with van der Waals surface area (Å²) in [5.74, 6) is 0.245. The van der Waals surface area contributed by atoms with Crippen molar-refractivity contribution in [3.63, 3.8) is 0 Å². The number of hydrogen-bond acceptors (Lipinski definition) is 0. The van der Waals surface area contributed by atoms with Crippen molar-refractivity contribution in [2.75, 3.05) is 0 Å². The van der Waals surface area contributed by atoms with Crippen LogP contribution in [0.15, 0.2) is 78.9 Å². The Morgan fingerprint density at radius 2 is 1.75 bits per heavy atom. The molecule has 24 heavy (non-hydrogen) atoms. The summed E-state index contributed by atoms with van der Waals surface area (Å²) in [6.07, 6.45) is 10.3. The third-order valence-corrected chi connectivity index (χ3v) is 4.10. The van der Waals surface area contributed by atoms with Gasteiger partial charge in [-0.25, -0.2) is 29.3 Å². The third-order valence-electron chi connectivity index (χ3n) is 4.10. The first-order chi connectivity index (χ1) is 11.4. The van der Waals surface area contributed by atoms with E-state index in [2.05, 4.69) is 84.9 Å². The van der Waals surface area contributed by atoms with Gasteiger partial charge in [-0.2, -0.15) is 77.9 Å². The average molecular weight is 399 g/mol. The zero-order valence-corrected chi connectivity index (χ0v) is 14.7. The van der Waals surface area contributed by atoms with Gasteiger partial charge in [0.1, 0.15) is 0 Å². The minimum atomic E-state index is 0. The maximum atomic E-state index is 3.54. The molecule has 0 saturated carbocycles. The molecule has 0 saturated heterocycles. The van der Waals surface area contributed by atoms with Crippen LogP contribution in [-0.2, 0) is 26.8 Å². The molecule has 0 N–H and O–H groups in total. The summed E-state index contributed by atoms with van der Waals surface area (Å²) < 4.78 is 0. The third kappa shape index (κ3) is 3.70. The van der Waals surface area contributed by atoms with Gasteiger partial charge in [-0.05, 0) is 6.42 Å². The van der Waals surface area contributed by atoms with Crippen molar-refractivity contribution in [1.29, 1.82) is 0 Å². The fourth-order valence-corrected chi connectivity index (χ4v) is 2.94. The molecule has 3 aromatic rings. The standard InChI is InChI=1S/C23H16.Pd/c1-2-10-20(9-1)22-13-5-7-18(16-22)15-19-8-6-14-23(17-19)21-11-3-4-12-21;/h1-11,13-14,21H,15H2;/q-4;. The van der Waals surface area contributed by atoms with Gasteiger partial charge in [-0.1, -0.05) is 5.92 Å². The molecule has 1 aliphatic rings. The van der Waals surface area contributed by atoms with Crippen molar-refractivity contribution in [3.8, 4) is 11.1 Å². The topological polar surface area (TPSA) is 0 Å². The summed E-state index contributed by atoms with van der Waals surface area (Å²) in [6, 6.07) is 28.1. The molecule has 0 amide bonds. The molecule has 1 aliphatic carbocycles. The quantitative estimate of drug-likeness (QED) is 0.414. The molecule has 1 heteroatoms. The van der Waals surface area contributed by atoms with Crippen LogP contribution in [-0.4, -0.2) is 0 Å². The van der Waals surface area contributed by atoms with Crippen molar-refractivity contribution < 1.29 is 20.4 Å². The molecule has 0 aromatic heterocycles. The number of hydrogen-bond donors (Lipinski definition) is 0. The molecule has 0 fully saturated rings. The van der Waals surface area contributed by atoms with E-state index in [9.17, 15) is 0 Å². The number of allylic oxidation sites excluding steroid dienone is 4. The Morgan fingerprint density at radius 1 is 0.917 bits per heavy atom. The molecule has 0 radical (unpaired) electrons. The van der Waals surface area contributed by atoms with Crippen molar-refractivity contribution in [1.82, 2.24) is 0 Å². The Balaban J connectivity index is 0.00000169. The van der Waals surface area contributed by atoms with Gasteiger partial charge in [0, 0.05) is 20.4 Å². The average Bonchev–Trinajstić information content (AvgIpc) is 3.29.